The SMILES string of the molecule is C=C1CCC2C3CCC4C[C@@H](OCCCCN(C)C)CC[C@]4(C)C3CC[C@]12C. The van der Waals surface area contributed by atoms with Crippen LogP contribution in [0.2, 0.25) is 0 Å². The summed E-state index contributed by atoms with van der Waals surface area (Å²) in [7, 11) is 4.32. The van der Waals surface area contributed by atoms with E-state index in [0.717, 1.165) is 30.3 Å². The van der Waals surface area contributed by atoms with Gasteiger partial charge < -0.3 is 9.64 Å². The van der Waals surface area contributed by atoms with E-state index in [1.165, 1.54) is 77.2 Å². The fraction of sp³-hybridized carbons (Fsp3) is 0.923. The van der Waals surface area contributed by atoms with Gasteiger partial charge in [-0.15, -0.1) is 0 Å². The molecule has 4 aliphatic carbocycles. The molecular weight excluding hydrogens is 342 g/mol. The minimum absolute atomic E-state index is 0.469. The smallest absolute Gasteiger partial charge is 0.0578 e. The number of hydrogen-bond donors (Lipinski definition) is 0. The molecule has 28 heavy (non-hydrogen) atoms. The predicted molar refractivity (Wildman–Crippen MR) is 118 cm³/mol. The summed E-state index contributed by atoms with van der Waals surface area (Å²) in [6.45, 7) is 11.9. The van der Waals surface area contributed by atoms with E-state index in [0.29, 0.717) is 16.9 Å². The number of fused-ring (bicyclic) bond motifs is 5. The van der Waals surface area contributed by atoms with Crippen LogP contribution in [-0.2, 0) is 4.74 Å². The number of nitrogens with zero attached hydrogens (tertiary/aromatic N) is 1. The number of unbranched alkanes of at least 4 members (excludes halogenated alkanes) is 1. The first kappa shape index (κ1) is 20.9. The maximum atomic E-state index is 6.36. The van der Waals surface area contributed by atoms with Gasteiger partial charge in [0, 0.05) is 6.61 Å². The summed E-state index contributed by atoms with van der Waals surface area (Å²) in [5.74, 6) is 3.78. The Hall–Kier alpha value is -0.340. The molecule has 4 fully saturated rings. The van der Waals surface area contributed by atoms with Crippen molar-refractivity contribution in [3.63, 3.8) is 0 Å². The second-order valence-corrected chi connectivity index (χ2v) is 11.5. The molecule has 0 aromatic heterocycles. The van der Waals surface area contributed by atoms with Crippen molar-refractivity contribution >= 4 is 0 Å². The molecule has 0 aromatic carbocycles. The van der Waals surface area contributed by atoms with Crippen LogP contribution in [0.5, 0.6) is 0 Å². The zero-order valence-electron chi connectivity index (χ0n) is 19.1. The lowest BCUT2D eigenvalue weighted by Crippen LogP contribution is -2.53. The van der Waals surface area contributed by atoms with Gasteiger partial charge in [0.05, 0.1) is 6.10 Å². The quantitative estimate of drug-likeness (QED) is 0.391. The zero-order valence-corrected chi connectivity index (χ0v) is 19.1. The Labute approximate surface area is 174 Å². The number of hydrogen-bond acceptors (Lipinski definition) is 2. The molecule has 0 spiro atoms. The Morgan fingerprint density at radius 3 is 2.61 bits per heavy atom. The fourth-order valence-electron chi connectivity index (χ4n) is 8.06. The molecule has 7 atom stereocenters. The predicted octanol–water partition coefficient (Wildman–Crippen LogP) is 6.31. The number of ether oxygens (including phenoxy) is 1. The molecule has 4 rings (SSSR count). The highest BCUT2D eigenvalue weighted by Crippen LogP contribution is 2.67. The minimum atomic E-state index is 0.469. The Morgan fingerprint density at radius 1 is 1.00 bits per heavy atom. The lowest BCUT2D eigenvalue weighted by molar-refractivity contribution is -0.126. The van der Waals surface area contributed by atoms with E-state index >= 15 is 0 Å². The van der Waals surface area contributed by atoms with Crippen LogP contribution in [0.1, 0.15) is 84.5 Å². The summed E-state index contributed by atoms with van der Waals surface area (Å²) in [6, 6.07) is 0. The largest absolute Gasteiger partial charge is 0.378 e. The molecular formula is C26H45NO. The van der Waals surface area contributed by atoms with E-state index in [1.807, 2.05) is 0 Å². The average molecular weight is 388 g/mol. The van der Waals surface area contributed by atoms with Crippen LogP contribution in [-0.4, -0.2) is 38.3 Å². The molecule has 0 amide bonds. The van der Waals surface area contributed by atoms with Crippen LogP contribution in [0.4, 0.5) is 0 Å². The molecule has 160 valence electrons. The molecule has 0 N–H and O–H groups in total. The third-order valence-electron chi connectivity index (χ3n) is 9.93. The Balaban J connectivity index is 1.34. The van der Waals surface area contributed by atoms with Gasteiger partial charge in [0.25, 0.3) is 0 Å². The third-order valence-corrected chi connectivity index (χ3v) is 9.93. The number of rotatable bonds is 6. The van der Waals surface area contributed by atoms with Crippen molar-refractivity contribution in [2.75, 3.05) is 27.2 Å². The third kappa shape index (κ3) is 3.62. The van der Waals surface area contributed by atoms with Crippen molar-refractivity contribution in [1.29, 1.82) is 0 Å². The minimum Gasteiger partial charge on any atom is -0.378 e. The summed E-state index contributed by atoms with van der Waals surface area (Å²) in [5, 5.41) is 0. The standard InChI is InChI=1S/C26H45NO/c1-19-8-11-23-22-10-9-20-18-21(28-17-7-6-16-27(4)5)12-14-26(20,3)24(22)13-15-25(19,23)2/h20-24H,1,6-18H2,2-5H3/t20?,21-,22?,23?,24?,25+,26-/m0/s1. The van der Waals surface area contributed by atoms with Gasteiger partial charge in [-0.2, -0.15) is 0 Å². The monoisotopic (exact) mass is 387 g/mol. The van der Waals surface area contributed by atoms with E-state index in [1.54, 1.807) is 5.57 Å². The summed E-state index contributed by atoms with van der Waals surface area (Å²) in [4.78, 5) is 2.28. The van der Waals surface area contributed by atoms with Gasteiger partial charge in [-0.05, 0) is 126 Å². The normalized spacial score (nSPS) is 45.6. The average Bonchev–Trinajstić information content (AvgIpc) is 2.96. The maximum absolute atomic E-state index is 6.36. The molecule has 0 aromatic rings. The molecule has 0 saturated heterocycles. The van der Waals surface area contributed by atoms with E-state index < -0.39 is 0 Å². The van der Waals surface area contributed by atoms with Crippen molar-refractivity contribution in [2.24, 2.45) is 34.5 Å². The molecule has 4 aliphatic rings. The Morgan fingerprint density at radius 2 is 1.82 bits per heavy atom. The van der Waals surface area contributed by atoms with Crippen molar-refractivity contribution in [3.05, 3.63) is 12.2 Å². The zero-order chi connectivity index (χ0) is 19.9. The summed E-state index contributed by atoms with van der Waals surface area (Å²) >= 11 is 0. The molecule has 4 saturated carbocycles. The molecule has 0 radical (unpaired) electrons. The maximum Gasteiger partial charge on any atom is 0.0578 e. The van der Waals surface area contributed by atoms with Gasteiger partial charge in [0.1, 0.15) is 0 Å². The molecule has 4 unspecified atom stereocenters. The highest BCUT2D eigenvalue weighted by Gasteiger charge is 2.58. The topological polar surface area (TPSA) is 12.5 Å². The molecule has 0 aliphatic heterocycles. The number of allylic oxidation sites excluding steroid dienone is 1. The first-order valence-electron chi connectivity index (χ1n) is 12.3. The molecule has 2 nitrogen and oxygen atoms in total. The van der Waals surface area contributed by atoms with Gasteiger partial charge in [0.2, 0.25) is 0 Å². The van der Waals surface area contributed by atoms with E-state index in [4.69, 9.17) is 4.74 Å². The highest BCUT2D eigenvalue weighted by molar-refractivity contribution is 5.21. The van der Waals surface area contributed by atoms with E-state index in [-0.39, 0.29) is 0 Å². The van der Waals surface area contributed by atoms with E-state index in [2.05, 4.69) is 39.4 Å². The lowest BCUT2D eigenvalue weighted by atomic mass is 9.45. The second-order valence-electron chi connectivity index (χ2n) is 11.5. The van der Waals surface area contributed by atoms with Crippen molar-refractivity contribution in [1.82, 2.24) is 4.90 Å². The summed E-state index contributed by atoms with van der Waals surface area (Å²) in [5.41, 5.74) is 2.63. The van der Waals surface area contributed by atoms with Gasteiger partial charge in [-0.1, -0.05) is 26.0 Å². The second kappa shape index (κ2) is 8.06. The van der Waals surface area contributed by atoms with Crippen molar-refractivity contribution in [3.8, 4) is 0 Å². The van der Waals surface area contributed by atoms with Gasteiger partial charge in [-0.3, -0.25) is 0 Å². The molecule has 0 bridgehead atoms. The summed E-state index contributed by atoms with van der Waals surface area (Å²) < 4.78 is 6.36. The fourth-order valence-corrected chi connectivity index (χ4v) is 8.06. The van der Waals surface area contributed by atoms with Crippen LogP contribution < -0.4 is 0 Å². The Kier molecular flexibility index (Phi) is 6.02. The van der Waals surface area contributed by atoms with Crippen LogP contribution in [0.15, 0.2) is 12.2 Å². The van der Waals surface area contributed by atoms with Crippen molar-refractivity contribution < 1.29 is 4.74 Å². The van der Waals surface area contributed by atoms with Gasteiger partial charge in [-0.25, -0.2) is 0 Å². The van der Waals surface area contributed by atoms with E-state index in [9.17, 15) is 0 Å². The molecule has 2 heteroatoms. The molecule has 0 heterocycles. The first-order chi connectivity index (χ1) is 13.3. The Bertz CT molecular complexity index is 571. The first-order valence-corrected chi connectivity index (χ1v) is 12.3. The summed E-state index contributed by atoms with van der Waals surface area (Å²) in [6.07, 6.45) is 15.6. The highest BCUT2D eigenvalue weighted by atomic mass is 16.5. The van der Waals surface area contributed by atoms with Crippen LogP contribution in [0, 0.1) is 34.5 Å². The van der Waals surface area contributed by atoms with Crippen LogP contribution >= 0.6 is 0 Å². The van der Waals surface area contributed by atoms with Crippen LogP contribution in [0.25, 0.3) is 0 Å². The van der Waals surface area contributed by atoms with Gasteiger partial charge >= 0.3 is 0 Å². The van der Waals surface area contributed by atoms with Crippen LogP contribution in [0.3, 0.4) is 0 Å². The van der Waals surface area contributed by atoms with Crippen molar-refractivity contribution in [2.45, 2.75) is 90.6 Å². The van der Waals surface area contributed by atoms with Gasteiger partial charge in [0.15, 0.2) is 0 Å². The lowest BCUT2D eigenvalue weighted by Gasteiger charge is -2.60.